The van der Waals surface area contributed by atoms with E-state index >= 15 is 0 Å². The van der Waals surface area contributed by atoms with Crippen LogP contribution in [0.5, 0.6) is 5.75 Å². The number of para-hydroxylation sites is 2. The average Bonchev–Trinajstić information content (AvgIpc) is 3.17. The lowest BCUT2D eigenvalue weighted by atomic mass is 9.86. The van der Waals surface area contributed by atoms with Crippen LogP contribution < -0.4 is 10.1 Å². The van der Waals surface area contributed by atoms with Crippen molar-refractivity contribution in [2.75, 3.05) is 18.5 Å². The van der Waals surface area contributed by atoms with Gasteiger partial charge in [-0.2, -0.15) is 5.10 Å². The zero-order valence-corrected chi connectivity index (χ0v) is 18.2. The van der Waals surface area contributed by atoms with Gasteiger partial charge in [0.2, 0.25) is 5.69 Å². The number of ether oxygens (including phenoxy) is 2. The summed E-state index contributed by atoms with van der Waals surface area (Å²) in [7, 11) is 0. The standard InChI is InChI=1S/C24H27N3O4/c1-5-30-23(29)22-20(15-27(26-22)17-11-7-6-8-12-17)31-16-21(28)25-19-14-10-9-13-18(19)24(2,3)4/h6-15H,5,16H2,1-4H3,(H,25,28). The molecule has 162 valence electrons. The van der Waals surface area contributed by atoms with E-state index in [1.807, 2.05) is 54.6 Å². The Morgan fingerprint density at radius 3 is 2.39 bits per heavy atom. The summed E-state index contributed by atoms with van der Waals surface area (Å²) in [5.41, 5.74) is 2.40. The Labute approximate surface area is 182 Å². The monoisotopic (exact) mass is 421 g/mol. The molecule has 0 saturated carbocycles. The number of carbonyl (C=O) groups is 2. The van der Waals surface area contributed by atoms with Crippen LogP contribution in [0.3, 0.4) is 0 Å². The van der Waals surface area contributed by atoms with Crippen LogP contribution in [0.15, 0.2) is 60.8 Å². The Morgan fingerprint density at radius 2 is 1.71 bits per heavy atom. The summed E-state index contributed by atoms with van der Waals surface area (Å²) < 4.78 is 12.3. The molecule has 0 saturated heterocycles. The maximum absolute atomic E-state index is 12.6. The molecule has 1 aromatic heterocycles. The fourth-order valence-corrected chi connectivity index (χ4v) is 3.09. The predicted molar refractivity (Wildman–Crippen MR) is 119 cm³/mol. The average molecular weight is 421 g/mol. The third-order valence-electron chi connectivity index (χ3n) is 4.54. The van der Waals surface area contributed by atoms with E-state index in [1.165, 1.54) is 4.68 Å². The number of esters is 1. The minimum atomic E-state index is -0.606. The summed E-state index contributed by atoms with van der Waals surface area (Å²) in [4.78, 5) is 24.9. The highest BCUT2D eigenvalue weighted by Gasteiger charge is 2.22. The van der Waals surface area contributed by atoms with E-state index in [0.717, 1.165) is 16.9 Å². The zero-order valence-electron chi connectivity index (χ0n) is 18.2. The fourth-order valence-electron chi connectivity index (χ4n) is 3.09. The van der Waals surface area contributed by atoms with Crippen molar-refractivity contribution in [3.05, 3.63) is 72.1 Å². The molecule has 31 heavy (non-hydrogen) atoms. The minimum Gasteiger partial charge on any atom is -0.480 e. The third kappa shape index (κ3) is 5.51. The van der Waals surface area contributed by atoms with Crippen LogP contribution in [-0.4, -0.2) is 34.9 Å². The van der Waals surface area contributed by atoms with Gasteiger partial charge in [-0.15, -0.1) is 0 Å². The first kappa shape index (κ1) is 22.1. The van der Waals surface area contributed by atoms with E-state index in [1.54, 1.807) is 13.1 Å². The predicted octanol–water partition coefficient (Wildman–Crippen LogP) is 4.36. The van der Waals surface area contributed by atoms with Crippen LogP contribution in [-0.2, 0) is 14.9 Å². The van der Waals surface area contributed by atoms with Gasteiger partial charge >= 0.3 is 5.97 Å². The van der Waals surface area contributed by atoms with E-state index in [-0.39, 0.29) is 36.0 Å². The van der Waals surface area contributed by atoms with E-state index in [0.29, 0.717) is 0 Å². The molecule has 0 bridgehead atoms. The van der Waals surface area contributed by atoms with Gasteiger partial charge in [-0.1, -0.05) is 57.2 Å². The molecule has 2 aromatic carbocycles. The van der Waals surface area contributed by atoms with Gasteiger partial charge < -0.3 is 14.8 Å². The first-order valence-corrected chi connectivity index (χ1v) is 10.1. The molecular weight excluding hydrogens is 394 g/mol. The molecule has 0 fully saturated rings. The highest BCUT2D eigenvalue weighted by molar-refractivity contribution is 5.93. The lowest BCUT2D eigenvalue weighted by Gasteiger charge is -2.23. The van der Waals surface area contributed by atoms with Crippen LogP contribution in [0, 0.1) is 0 Å². The minimum absolute atomic E-state index is 0.0218. The molecule has 0 atom stereocenters. The first-order valence-electron chi connectivity index (χ1n) is 10.1. The van der Waals surface area contributed by atoms with Crippen molar-refractivity contribution in [2.45, 2.75) is 33.1 Å². The fraction of sp³-hybridized carbons (Fsp3) is 0.292. The normalized spacial score (nSPS) is 11.1. The van der Waals surface area contributed by atoms with Crippen LogP contribution in [0.2, 0.25) is 0 Å². The number of hydrogen-bond donors (Lipinski definition) is 1. The maximum Gasteiger partial charge on any atom is 0.362 e. The highest BCUT2D eigenvalue weighted by Crippen LogP contribution is 2.29. The number of anilines is 1. The molecule has 1 heterocycles. The number of carbonyl (C=O) groups excluding carboxylic acids is 2. The molecule has 3 aromatic rings. The van der Waals surface area contributed by atoms with Gasteiger partial charge in [0.25, 0.3) is 5.91 Å². The largest absolute Gasteiger partial charge is 0.480 e. The molecule has 0 aliphatic heterocycles. The summed E-state index contributed by atoms with van der Waals surface area (Å²) in [5.74, 6) is -0.758. The van der Waals surface area contributed by atoms with Crippen molar-refractivity contribution in [3.8, 4) is 11.4 Å². The van der Waals surface area contributed by atoms with Gasteiger partial charge in [0.1, 0.15) is 0 Å². The lowest BCUT2D eigenvalue weighted by molar-refractivity contribution is -0.118. The highest BCUT2D eigenvalue weighted by atomic mass is 16.5. The van der Waals surface area contributed by atoms with Crippen LogP contribution in [0.4, 0.5) is 5.69 Å². The van der Waals surface area contributed by atoms with Crippen LogP contribution in [0.1, 0.15) is 43.7 Å². The van der Waals surface area contributed by atoms with E-state index in [4.69, 9.17) is 9.47 Å². The number of hydrogen-bond acceptors (Lipinski definition) is 5. The molecule has 3 rings (SSSR count). The summed E-state index contributed by atoms with van der Waals surface area (Å²) in [6, 6.07) is 17.0. The van der Waals surface area contributed by atoms with Crippen LogP contribution in [0.25, 0.3) is 5.69 Å². The molecule has 0 radical (unpaired) electrons. The molecule has 7 nitrogen and oxygen atoms in total. The number of benzene rings is 2. The van der Waals surface area contributed by atoms with Gasteiger partial charge in [-0.05, 0) is 36.1 Å². The van der Waals surface area contributed by atoms with Crippen LogP contribution >= 0.6 is 0 Å². The number of nitrogens with one attached hydrogen (secondary N) is 1. The van der Waals surface area contributed by atoms with Gasteiger partial charge in [-0.3, -0.25) is 4.79 Å². The van der Waals surface area contributed by atoms with Crippen molar-refractivity contribution in [2.24, 2.45) is 0 Å². The van der Waals surface area contributed by atoms with E-state index in [2.05, 4.69) is 31.2 Å². The quantitative estimate of drug-likeness (QED) is 0.573. The number of amides is 1. The SMILES string of the molecule is CCOC(=O)c1nn(-c2ccccc2)cc1OCC(=O)Nc1ccccc1C(C)(C)C. The van der Waals surface area contributed by atoms with Crippen molar-refractivity contribution in [1.82, 2.24) is 9.78 Å². The molecule has 0 aliphatic rings. The molecular formula is C24H27N3O4. The summed E-state index contributed by atoms with van der Waals surface area (Å²) in [5, 5.41) is 7.19. The van der Waals surface area contributed by atoms with Gasteiger partial charge in [0.15, 0.2) is 12.4 Å². The number of nitrogens with zero attached hydrogens (tertiary/aromatic N) is 2. The van der Waals surface area contributed by atoms with E-state index < -0.39 is 5.97 Å². The smallest absolute Gasteiger partial charge is 0.362 e. The van der Waals surface area contributed by atoms with Gasteiger partial charge in [-0.25, -0.2) is 9.48 Å². The Kier molecular flexibility index (Phi) is 6.74. The third-order valence-corrected chi connectivity index (χ3v) is 4.54. The maximum atomic E-state index is 12.6. The molecule has 7 heteroatoms. The molecule has 0 aliphatic carbocycles. The summed E-state index contributed by atoms with van der Waals surface area (Å²) in [6.45, 7) is 7.90. The van der Waals surface area contributed by atoms with Gasteiger partial charge in [0, 0.05) is 5.69 Å². The molecule has 1 N–H and O–H groups in total. The van der Waals surface area contributed by atoms with E-state index in [9.17, 15) is 9.59 Å². The summed E-state index contributed by atoms with van der Waals surface area (Å²) >= 11 is 0. The molecule has 0 unspecified atom stereocenters. The Bertz CT molecular complexity index is 1050. The second-order valence-electron chi connectivity index (χ2n) is 7.97. The Hall–Kier alpha value is -3.61. The van der Waals surface area contributed by atoms with Crippen molar-refractivity contribution in [3.63, 3.8) is 0 Å². The van der Waals surface area contributed by atoms with Gasteiger partial charge in [0.05, 0.1) is 18.5 Å². The first-order chi connectivity index (χ1) is 14.8. The second kappa shape index (κ2) is 9.47. The Morgan fingerprint density at radius 1 is 1.03 bits per heavy atom. The molecule has 0 spiro atoms. The number of aromatic nitrogens is 2. The molecule has 1 amide bonds. The second-order valence-corrected chi connectivity index (χ2v) is 7.97. The number of rotatable bonds is 7. The van der Waals surface area contributed by atoms with Crippen molar-refractivity contribution >= 4 is 17.6 Å². The van der Waals surface area contributed by atoms with Crippen molar-refractivity contribution in [1.29, 1.82) is 0 Å². The topological polar surface area (TPSA) is 82.4 Å². The Balaban J connectivity index is 1.77. The summed E-state index contributed by atoms with van der Waals surface area (Å²) in [6.07, 6.45) is 1.57. The zero-order chi connectivity index (χ0) is 22.4. The lowest BCUT2D eigenvalue weighted by Crippen LogP contribution is -2.23. The van der Waals surface area contributed by atoms with Crippen molar-refractivity contribution < 1.29 is 19.1 Å².